The molecule has 1 aliphatic heterocycles. The smallest absolute Gasteiger partial charge is 0.408 e. The normalized spacial score (nSPS) is 21.4. The van der Waals surface area contributed by atoms with Gasteiger partial charge in [0, 0.05) is 6.54 Å². The summed E-state index contributed by atoms with van der Waals surface area (Å²) in [5.74, 6) is -1.20. The molecule has 2 N–H and O–H groups in total. The number of carboxylic acids is 1. The van der Waals surface area contributed by atoms with Crippen LogP contribution in [0.1, 0.15) is 17.5 Å². The van der Waals surface area contributed by atoms with Crippen LogP contribution in [0.3, 0.4) is 0 Å². The molecule has 2 rings (SSSR count). The third-order valence-electron chi connectivity index (χ3n) is 3.56. The van der Waals surface area contributed by atoms with Crippen molar-refractivity contribution in [1.82, 2.24) is 4.90 Å². The number of carbonyl (C=O) groups is 2. The van der Waals surface area contributed by atoms with Crippen molar-refractivity contribution >= 4 is 12.1 Å². The van der Waals surface area contributed by atoms with E-state index < -0.39 is 18.1 Å². The molecule has 0 aromatic heterocycles. The van der Waals surface area contributed by atoms with Gasteiger partial charge in [0.15, 0.2) is 0 Å². The van der Waals surface area contributed by atoms with Gasteiger partial charge in [-0.05, 0) is 30.4 Å². The van der Waals surface area contributed by atoms with Crippen molar-refractivity contribution < 1.29 is 19.8 Å². The number of likely N-dealkylation sites (tertiary alicyclic amines) is 1. The Labute approximate surface area is 115 Å². The molecule has 2 atom stereocenters. The minimum absolute atomic E-state index is 0.0818. The van der Waals surface area contributed by atoms with Gasteiger partial charge in [-0.1, -0.05) is 18.2 Å². The second-order valence-corrected chi connectivity index (χ2v) is 4.86. The molecule has 6 nitrogen and oxygen atoms in total. The quantitative estimate of drug-likeness (QED) is 0.870. The van der Waals surface area contributed by atoms with Gasteiger partial charge >= 0.3 is 12.1 Å². The molecular formula is C14H14N2O4. The van der Waals surface area contributed by atoms with Crippen molar-refractivity contribution in [3.8, 4) is 6.07 Å². The number of carboxylic acid groups (broad SMARTS) is 2. The number of amides is 1. The van der Waals surface area contributed by atoms with Gasteiger partial charge in [-0.25, -0.2) is 9.59 Å². The van der Waals surface area contributed by atoms with Gasteiger partial charge in [-0.2, -0.15) is 5.26 Å². The molecule has 1 amide bonds. The predicted molar refractivity (Wildman–Crippen MR) is 69.1 cm³/mol. The number of benzene rings is 1. The van der Waals surface area contributed by atoms with E-state index in [4.69, 9.17) is 15.5 Å². The first-order valence-electron chi connectivity index (χ1n) is 6.23. The number of hydrogen-bond acceptors (Lipinski definition) is 3. The number of aliphatic carboxylic acids is 1. The Morgan fingerprint density at radius 3 is 2.60 bits per heavy atom. The molecule has 0 saturated carbocycles. The van der Waals surface area contributed by atoms with E-state index >= 15 is 0 Å². The van der Waals surface area contributed by atoms with Crippen LogP contribution in [0.2, 0.25) is 0 Å². The van der Waals surface area contributed by atoms with Gasteiger partial charge in [0.25, 0.3) is 0 Å². The number of rotatable bonds is 3. The second kappa shape index (κ2) is 5.61. The van der Waals surface area contributed by atoms with Crippen molar-refractivity contribution in [3.05, 3.63) is 35.4 Å². The largest absolute Gasteiger partial charge is 0.480 e. The molecule has 1 heterocycles. The van der Waals surface area contributed by atoms with Crippen LogP contribution < -0.4 is 0 Å². The molecule has 20 heavy (non-hydrogen) atoms. The molecule has 0 aliphatic carbocycles. The lowest BCUT2D eigenvalue weighted by Gasteiger charge is -2.16. The first-order valence-corrected chi connectivity index (χ1v) is 6.23. The molecule has 0 radical (unpaired) electrons. The topological polar surface area (TPSA) is 102 Å². The van der Waals surface area contributed by atoms with Crippen LogP contribution >= 0.6 is 0 Å². The molecule has 1 aromatic carbocycles. The molecule has 1 fully saturated rings. The zero-order chi connectivity index (χ0) is 14.7. The standard InChI is InChI=1S/C14H14N2O4/c15-7-11-4-2-1-3-10(11)5-9-6-12(13(17)18)16(8-9)14(19)20/h1-4,9,12H,5-6,8H2,(H,17,18)(H,19,20)/t9?,12-/m0/s1. The summed E-state index contributed by atoms with van der Waals surface area (Å²) < 4.78 is 0. The lowest BCUT2D eigenvalue weighted by molar-refractivity contribution is -0.141. The van der Waals surface area contributed by atoms with E-state index in [1.807, 2.05) is 12.1 Å². The Morgan fingerprint density at radius 1 is 1.35 bits per heavy atom. The first kappa shape index (κ1) is 13.9. The number of hydrogen-bond donors (Lipinski definition) is 2. The van der Waals surface area contributed by atoms with E-state index in [2.05, 4.69) is 6.07 Å². The third-order valence-corrected chi connectivity index (χ3v) is 3.56. The minimum Gasteiger partial charge on any atom is -0.480 e. The fraction of sp³-hybridized carbons (Fsp3) is 0.357. The lowest BCUT2D eigenvalue weighted by atomic mass is 9.94. The molecule has 1 unspecified atom stereocenters. The molecule has 0 spiro atoms. The summed E-state index contributed by atoms with van der Waals surface area (Å²) in [5, 5.41) is 27.1. The van der Waals surface area contributed by atoms with Gasteiger partial charge in [0.1, 0.15) is 6.04 Å². The zero-order valence-corrected chi connectivity index (χ0v) is 10.7. The average molecular weight is 274 g/mol. The fourth-order valence-electron chi connectivity index (χ4n) is 2.63. The van der Waals surface area contributed by atoms with Crippen molar-refractivity contribution in [2.45, 2.75) is 18.9 Å². The van der Waals surface area contributed by atoms with Gasteiger partial charge < -0.3 is 10.2 Å². The zero-order valence-electron chi connectivity index (χ0n) is 10.7. The molecular weight excluding hydrogens is 260 g/mol. The van der Waals surface area contributed by atoms with E-state index in [-0.39, 0.29) is 18.9 Å². The Morgan fingerprint density at radius 2 is 2.05 bits per heavy atom. The maximum atomic E-state index is 11.1. The van der Waals surface area contributed by atoms with E-state index in [1.54, 1.807) is 12.1 Å². The summed E-state index contributed by atoms with van der Waals surface area (Å²) in [4.78, 5) is 23.1. The summed E-state index contributed by atoms with van der Waals surface area (Å²) in [6, 6.07) is 8.20. The third kappa shape index (κ3) is 2.72. The molecule has 1 aliphatic rings. The molecule has 104 valence electrons. The molecule has 6 heteroatoms. The Kier molecular flexibility index (Phi) is 3.89. The van der Waals surface area contributed by atoms with E-state index in [9.17, 15) is 9.59 Å². The highest BCUT2D eigenvalue weighted by Crippen LogP contribution is 2.27. The Balaban J connectivity index is 2.14. The summed E-state index contributed by atoms with van der Waals surface area (Å²) in [5.41, 5.74) is 1.38. The molecule has 0 bridgehead atoms. The summed E-state index contributed by atoms with van der Waals surface area (Å²) in [7, 11) is 0. The lowest BCUT2D eigenvalue weighted by Crippen LogP contribution is -2.39. The maximum absolute atomic E-state index is 11.1. The van der Waals surface area contributed by atoms with Gasteiger partial charge in [0.2, 0.25) is 0 Å². The van der Waals surface area contributed by atoms with Crippen LogP contribution in [-0.4, -0.2) is 39.8 Å². The highest BCUT2D eigenvalue weighted by molar-refractivity contribution is 5.80. The monoisotopic (exact) mass is 274 g/mol. The van der Waals surface area contributed by atoms with Crippen molar-refractivity contribution in [3.63, 3.8) is 0 Å². The molecule has 1 aromatic rings. The van der Waals surface area contributed by atoms with Crippen molar-refractivity contribution in [2.75, 3.05) is 6.54 Å². The van der Waals surface area contributed by atoms with Crippen LogP contribution in [0.4, 0.5) is 4.79 Å². The Bertz CT molecular complexity index is 557. The minimum atomic E-state index is -1.21. The van der Waals surface area contributed by atoms with E-state index in [0.717, 1.165) is 10.5 Å². The Hall–Kier alpha value is -2.55. The second-order valence-electron chi connectivity index (χ2n) is 4.86. The summed E-state index contributed by atoms with van der Waals surface area (Å²) in [6.45, 7) is 0.187. The number of nitriles is 1. The fourth-order valence-corrected chi connectivity index (χ4v) is 2.63. The number of nitrogens with zero attached hydrogens (tertiary/aromatic N) is 2. The van der Waals surface area contributed by atoms with Crippen LogP contribution in [0, 0.1) is 17.2 Å². The highest BCUT2D eigenvalue weighted by Gasteiger charge is 2.39. The van der Waals surface area contributed by atoms with E-state index in [0.29, 0.717) is 12.0 Å². The first-order chi connectivity index (χ1) is 9.52. The van der Waals surface area contributed by atoms with Crippen LogP contribution in [0.5, 0.6) is 0 Å². The molecule has 1 saturated heterocycles. The van der Waals surface area contributed by atoms with Crippen molar-refractivity contribution in [1.29, 1.82) is 5.26 Å². The van der Waals surface area contributed by atoms with Gasteiger partial charge in [0.05, 0.1) is 11.6 Å². The maximum Gasteiger partial charge on any atom is 0.408 e. The van der Waals surface area contributed by atoms with Gasteiger partial charge in [-0.3, -0.25) is 4.90 Å². The van der Waals surface area contributed by atoms with Crippen molar-refractivity contribution in [2.24, 2.45) is 5.92 Å². The SMILES string of the molecule is N#Cc1ccccc1CC1C[C@@H](C(=O)O)N(C(=O)O)C1. The average Bonchev–Trinajstić information content (AvgIpc) is 2.84. The highest BCUT2D eigenvalue weighted by atomic mass is 16.4. The predicted octanol–water partition coefficient (Wildman–Crippen LogP) is 1.55. The van der Waals surface area contributed by atoms with Crippen LogP contribution in [-0.2, 0) is 11.2 Å². The van der Waals surface area contributed by atoms with Crippen LogP contribution in [0.15, 0.2) is 24.3 Å². The summed E-state index contributed by atoms with van der Waals surface area (Å²) >= 11 is 0. The van der Waals surface area contributed by atoms with Gasteiger partial charge in [-0.15, -0.1) is 0 Å². The summed E-state index contributed by atoms with van der Waals surface area (Å²) in [6.07, 6.45) is -0.424. The van der Waals surface area contributed by atoms with E-state index in [1.165, 1.54) is 0 Å². The van der Waals surface area contributed by atoms with Crippen LogP contribution in [0.25, 0.3) is 0 Å².